The van der Waals surface area contributed by atoms with Crippen molar-refractivity contribution in [3.63, 3.8) is 0 Å². The number of furan rings is 1. The monoisotopic (exact) mass is 258 g/mol. The van der Waals surface area contributed by atoms with E-state index in [1.54, 1.807) is 0 Å². The zero-order valence-electron chi connectivity index (χ0n) is 12.5. The van der Waals surface area contributed by atoms with Crippen LogP contribution >= 0.6 is 0 Å². The first-order valence-corrected chi connectivity index (χ1v) is 6.91. The molecule has 0 spiro atoms. The van der Waals surface area contributed by atoms with Crippen molar-refractivity contribution in [2.75, 3.05) is 0 Å². The number of carbonyl (C=O) groups excluding carboxylic acids is 1. The maximum atomic E-state index is 12.0. The molecule has 2 rings (SSSR count). The highest BCUT2D eigenvalue weighted by molar-refractivity contribution is 5.99. The molecule has 0 atom stereocenters. The summed E-state index contributed by atoms with van der Waals surface area (Å²) in [6, 6.07) is 6.11. The van der Waals surface area contributed by atoms with Crippen LogP contribution in [0.3, 0.4) is 0 Å². The molecule has 0 aliphatic heterocycles. The molecule has 0 saturated carbocycles. The van der Waals surface area contributed by atoms with E-state index >= 15 is 0 Å². The van der Waals surface area contributed by atoms with Gasteiger partial charge >= 0.3 is 0 Å². The first-order chi connectivity index (χ1) is 8.84. The van der Waals surface area contributed by atoms with Crippen LogP contribution in [0.15, 0.2) is 22.6 Å². The van der Waals surface area contributed by atoms with Crippen molar-refractivity contribution in [3.8, 4) is 0 Å². The molecule has 2 heteroatoms. The molecular formula is C17H22O2. The minimum Gasteiger partial charge on any atom is -0.453 e. The second-order valence-corrected chi connectivity index (χ2v) is 6.21. The minimum atomic E-state index is 0.00881. The average Bonchev–Trinajstić information content (AvgIpc) is 2.73. The Labute approximate surface area is 114 Å². The van der Waals surface area contributed by atoms with Crippen LogP contribution in [0.2, 0.25) is 0 Å². The van der Waals surface area contributed by atoms with Gasteiger partial charge in [0.05, 0.1) is 0 Å². The van der Waals surface area contributed by atoms with E-state index in [0.29, 0.717) is 12.2 Å². The Morgan fingerprint density at radius 3 is 2.53 bits per heavy atom. The van der Waals surface area contributed by atoms with E-state index in [0.717, 1.165) is 28.5 Å². The van der Waals surface area contributed by atoms with Gasteiger partial charge in [-0.3, -0.25) is 4.79 Å². The van der Waals surface area contributed by atoms with Crippen molar-refractivity contribution >= 4 is 16.8 Å². The zero-order valence-corrected chi connectivity index (χ0v) is 12.5. The Kier molecular flexibility index (Phi) is 3.53. The molecule has 1 heterocycles. The van der Waals surface area contributed by atoms with Crippen LogP contribution in [0, 0.1) is 6.92 Å². The number of ketones is 1. The van der Waals surface area contributed by atoms with Gasteiger partial charge < -0.3 is 4.42 Å². The van der Waals surface area contributed by atoms with Crippen LogP contribution in [0.5, 0.6) is 0 Å². The van der Waals surface area contributed by atoms with E-state index in [2.05, 4.69) is 39.8 Å². The Balaban J connectivity index is 2.63. The molecule has 0 radical (unpaired) electrons. The summed E-state index contributed by atoms with van der Waals surface area (Å²) in [5.41, 5.74) is 3.19. The summed E-state index contributed by atoms with van der Waals surface area (Å²) < 4.78 is 5.87. The highest BCUT2D eigenvalue weighted by atomic mass is 16.3. The molecular weight excluding hydrogens is 236 g/mol. The van der Waals surface area contributed by atoms with E-state index in [1.807, 2.05) is 13.0 Å². The molecule has 0 aliphatic carbocycles. The largest absolute Gasteiger partial charge is 0.453 e. The fraction of sp³-hybridized carbons (Fsp3) is 0.471. The molecule has 1 aromatic carbocycles. The van der Waals surface area contributed by atoms with Crippen LogP contribution in [-0.2, 0) is 5.41 Å². The Hall–Kier alpha value is -1.57. The van der Waals surface area contributed by atoms with Crippen molar-refractivity contribution in [1.82, 2.24) is 0 Å². The molecule has 1 aromatic heterocycles. The third-order valence-electron chi connectivity index (χ3n) is 3.46. The molecule has 0 fully saturated rings. The molecule has 0 N–H and O–H groups in total. The van der Waals surface area contributed by atoms with Gasteiger partial charge in [0, 0.05) is 17.4 Å². The normalized spacial score (nSPS) is 12.1. The van der Waals surface area contributed by atoms with Crippen molar-refractivity contribution in [1.29, 1.82) is 0 Å². The first-order valence-electron chi connectivity index (χ1n) is 6.91. The average molecular weight is 258 g/mol. The van der Waals surface area contributed by atoms with Gasteiger partial charge in [0.2, 0.25) is 0 Å². The number of hydrogen-bond acceptors (Lipinski definition) is 2. The van der Waals surface area contributed by atoms with Crippen LogP contribution in [-0.4, -0.2) is 5.78 Å². The highest BCUT2D eigenvalue weighted by Crippen LogP contribution is 2.34. The van der Waals surface area contributed by atoms with Gasteiger partial charge in [-0.1, -0.05) is 39.8 Å². The quantitative estimate of drug-likeness (QED) is 0.723. The number of aryl methyl sites for hydroxylation is 1. The van der Waals surface area contributed by atoms with E-state index in [4.69, 9.17) is 4.42 Å². The van der Waals surface area contributed by atoms with E-state index < -0.39 is 0 Å². The summed E-state index contributed by atoms with van der Waals surface area (Å²) in [6.07, 6.45) is 1.39. The summed E-state index contributed by atoms with van der Waals surface area (Å²) in [5, 5.41) is 1.06. The summed E-state index contributed by atoms with van der Waals surface area (Å²) in [6.45, 7) is 10.5. The second kappa shape index (κ2) is 4.84. The van der Waals surface area contributed by atoms with Crippen molar-refractivity contribution in [2.45, 2.75) is 52.9 Å². The molecule has 0 aliphatic rings. The van der Waals surface area contributed by atoms with Gasteiger partial charge in [-0.15, -0.1) is 0 Å². The highest BCUT2D eigenvalue weighted by Gasteiger charge is 2.22. The SMILES string of the molecule is CCCC(=O)c1cc2c(C)ccc(C(C)(C)C)c2o1. The number of rotatable bonds is 3. The molecule has 0 amide bonds. The predicted octanol–water partition coefficient (Wildman–Crippen LogP) is 5.02. The third-order valence-corrected chi connectivity index (χ3v) is 3.46. The van der Waals surface area contributed by atoms with Gasteiger partial charge in [0.1, 0.15) is 5.58 Å². The standard InChI is InChI=1S/C17H22O2/c1-6-7-14(18)15-10-12-11(2)8-9-13(16(12)19-15)17(3,4)5/h8-10H,6-7H2,1-5H3. The second-order valence-electron chi connectivity index (χ2n) is 6.21. The molecule has 0 unspecified atom stereocenters. The van der Waals surface area contributed by atoms with Gasteiger partial charge in [0.25, 0.3) is 0 Å². The summed E-state index contributed by atoms with van der Waals surface area (Å²) in [4.78, 5) is 12.0. The van der Waals surface area contributed by atoms with Crippen molar-refractivity contribution in [3.05, 3.63) is 35.1 Å². The lowest BCUT2D eigenvalue weighted by molar-refractivity contribution is 0.0957. The lowest BCUT2D eigenvalue weighted by Crippen LogP contribution is -2.11. The molecule has 19 heavy (non-hydrogen) atoms. The number of fused-ring (bicyclic) bond motifs is 1. The number of benzene rings is 1. The van der Waals surface area contributed by atoms with Crippen LogP contribution in [0.4, 0.5) is 0 Å². The number of hydrogen-bond donors (Lipinski definition) is 0. The predicted molar refractivity (Wildman–Crippen MR) is 78.9 cm³/mol. The molecule has 0 saturated heterocycles. The fourth-order valence-corrected chi connectivity index (χ4v) is 2.34. The van der Waals surface area contributed by atoms with E-state index in [-0.39, 0.29) is 11.2 Å². The van der Waals surface area contributed by atoms with Crippen LogP contribution < -0.4 is 0 Å². The molecule has 2 nitrogen and oxygen atoms in total. The molecule has 0 bridgehead atoms. The van der Waals surface area contributed by atoms with Crippen LogP contribution in [0.1, 0.15) is 62.2 Å². The number of carbonyl (C=O) groups is 1. The summed E-state index contributed by atoms with van der Waals surface area (Å²) in [7, 11) is 0. The maximum absolute atomic E-state index is 12.0. The summed E-state index contributed by atoms with van der Waals surface area (Å²) >= 11 is 0. The smallest absolute Gasteiger partial charge is 0.198 e. The molecule has 102 valence electrons. The summed E-state index contributed by atoms with van der Waals surface area (Å²) in [5.74, 6) is 0.592. The van der Waals surface area contributed by atoms with Gasteiger partial charge in [0.15, 0.2) is 11.5 Å². The topological polar surface area (TPSA) is 30.2 Å². The lowest BCUT2D eigenvalue weighted by atomic mass is 9.85. The van der Waals surface area contributed by atoms with E-state index in [9.17, 15) is 4.79 Å². The third kappa shape index (κ3) is 2.58. The van der Waals surface area contributed by atoms with Gasteiger partial charge in [-0.25, -0.2) is 0 Å². The van der Waals surface area contributed by atoms with E-state index in [1.165, 1.54) is 0 Å². The zero-order chi connectivity index (χ0) is 14.2. The Morgan fingerprint density at radius 1 is 1.26 bits per heavy atom. The lowest BCUT2D eigenvalue weighted by Gasteiger charge is -2.19. The van der Waals surface area contributed by atoms with Gasteiger partial charge in [-0.05, 0) is 30.4 Å². The molecule has 2 aromatic rings. The van der Waals surface area contributed by atoms with Crippen LogP contribution in [0.25, 0.3) is 11.0 Å². The minimum absolute atomic E-state index is 0.00881. The Bertz CT molecular complexity index is 612. The maximum Gasteiger partial charge on any atom is 0.198 e. The fourth-order valence-electron chi connectivity index (χ4n) is 2.34. The van der Waals surface area contributed by atoms with Crippen molar-refractivity contribution in [2.24, 2.45) is 0 Å². The Morgan fingerprint density at radius 2 is 1.95 bits per heavy atom. The van der Waals surface area contributed by atoms with Gasteiger partial charge in [-0.2, -0.15) is 0 Å². The first kappa shape index (κ1) is 13.9. The van der Waals surface area contributed by atoms with Crippen molar-refractivity contribution < 1.29 is 9.21 Å². The number of Topliss-reactive ketones (excluding diaryl/α,β-unsaturated/α-hetero) is 1.